The molecule has 1 atom stereocenters. The standard InChI is InChI=1S/C19H19N5O2/c1-13-4-6-15(25-2)10-16(13)23-19-21-12-17(26-19)14-5-7-18(20-11-14)24-9-3-8-22-24/h3-12,18,20H,1-2H3,(H,21,23). The molecule has 0 radical (unpaired) electrons. The van der Waals surface area contributed by atoms with Crippen molar-refractivity contribution >= 4 is 17.3 Å². The topological polar surface area (TPSA) is 77.1 Å². The molecule has 3 heterocycles. The van der Waals surface area contributed by atoms with E-state index in [2.05, 4.69) is 20.7 Å². The highest BCUT2D eigenvalue weighted by molar-refractivity contribution is 5.72. The average Bonchev–Trinajstić information content (AvgIpc) is 3.36. The predicted octanol–water partition coefficient (Wildman–Crippen LogP) is 3.63. The molecule has 0 bridgehead atoms. The first-order valence-electron chi connectivity index (χ1n) is 8.24. The molecular weight excluding hydrogens is 330 g/mol. The van der Waals surface area contributed by atoms with Gasteiger partial charge in [0.2, 0.25) is 0 Å². The number of aryl methyl sites for hydroxylation is 1. The summed E-state index contributed by atoms with van der Waals surface area (Å²) in [6.07, 6.45) is 11.3. The zero-order chi connectivity index (χ0) is 17.9. The summed E-state index contributed by atoms with van der Waals surface area (Å²) >= 11 is 0. The molecule has 0 spiro atoms. The Labute approximate surface area is 151 Å². The Balaban J connectivity index is 1.48. The van der Waals surface area contributed by atoms with Crippen molar-refractivity contribution in [3.05, 3.63) is 72.5 Å². The van der Waals surface area contributed by atoms with E-state index in [1.165, 1.54) is 0 Å². The van der Waals surface area contributed by atoms with Gasteiger partial charge in [-0.15, -0.1) is 0 Å². The number of benzene rings is 1. The molecule has 7 heteroatoms. The van der Waals surface area contributed by atoms with Crippen LogP contribution in [0.3, 0.4) is 0 Å². The van der Waals surface area contributed by atoms with Crippen molar-refractivity contribution < 1.29 is 9.15 Å². The third kappa shape index (κ3) is 3.19. The minimum atomic E-state index is -0.00583. The monoisotopic (exact) mass is 349 g/mol. The molecule has 1 aromatic carbocycles. The zero-order valence-corrected chi connectivity index (χ0v) is 14.5. The van der Waals surface area contributed by atoms with Crippen molar-refractivity contribution in [1.29, 1.82) is 0 Å². The molecule has 7 nitrogen and oxygen atoms in total. The van der Waals surface area contributed by atoms with Gasteiger partial charge in [-0.25, -0.2) is 9.67 Å². The van der Waals surface area contributed by atoms with Gasteiger partial charge in [0.05, 0.1) is 13.3 Å². The van der Waals surface area contributed by atoms with Crippen LogP contribution in [0, 0.1) is 6.92 Å². The predicted molar refractivity (Wildman–Crippen MR) is 99.0 cm³/mol. The van der Waals surface area contributed by atoms with Crippen molar-refractivity contribution in [2.24, 2.45) is 0 Å². The molecule has 4 rings (SSSR count). The van der Waals surface area contributed by atoms with Crippen molar-refractivity contribution in [3.8, 4) is 5.75 Å². The van der Waals surface area contributed by atoms with Crippen molar-refractivity contribution in [3.63, 3.8) is 0 Å². The van der Waals surface area contributed by atoms with Crippen LogP contribution >= 0.6 is 0 Å². The van der Waals surface area contributed by atoms with E-state index < -0.39 is 0 Å². The summed E-state index contributed by atoms with van der Waals surface area (Å²) in [7, 11) is 1.64. The van der Waals surface area contributed by atoms with Crippen LogP contribution in [-0.2, 0) is 0 Å². The lowest BCUT2D eigenvalue weighted by Crippen LogP contribution is -2.23. The van der Waals surface area contributed by atoms with Crippen molar-refractivity contribution in [2.75, 3.05) is 12.4 Å². The molecule has 2 N–H and O–H groups in total. The van der Waals surface area contributed by atoms with E-state index in [0.717, 1.165) is 22.6 Å². The highest BCUT2D eigenvalue weighted by atomic mass is 16.5. The zero-order valence-electron chi connectivity index (χ0n) is 14.5. The lowest BCUT2D eigenvalue weighted by atomic mass is 10.1. The van der Waals surface area contributed by atoms with E-state index in [4.69, 9.17) is 9.15 Å². The molecule has 0 saturated heterocycles. The van der Waals surface area contributed by atoms with E-state index in [1.54, 1.807) is 19.5 Å². The van der Waals surface area contributed by atoms with Gasteiger partial charge < -0.3 is 19.8 Å². The van der Waals surface area contributed by atoms with Crippen LogP contribution in [0.1, 0.15) is 17.5 Å². The maximum atomic E-state index is 5.84. The normalized spacial score (nSPS) is 16.1. The first-order valence-corrected chi connectivity index (χ1v) is 8.24. The number of dihydropyridines is 1. The molecule has 2 aromatic heterocycles. The Morgan fingerprint density at radius 3 is 3.00 bits per heavy atom. The van der Waals surface area contributed by atoms with Gasteiger partial charge in [-0.05, 0) is 36.8 Å². The quantitative estimate of drug-likeness (QED) is 0.732. The molecule has 0 fully saturated rings. The molecule has 1 aliphatic heterocycles. The number of nitrogens with one attached hydrogen (secondary N) is 2. The molecule has 132 valence electrons. The Bertz CT molecular complexity index is 956. The first kappa shape index (κ1) is 16.0. The molecule has 0 saturated carbocycles. The second-order valence-electron chi connectivity index (χ2n) is 5.89. The number of hydrogen-bond acceptors (Lipinski definition) is 6. The van der Waals surface area contributed by atoms with Gasteiger partial charge in [-0.3, -0.25) is 0 Å². The van der Waals surface area contributed by atoms with E-state index in [-0.39, 0.29) is 6.17 Å². The lowest BCUT2D eigenvalue weighted by molar-refractivity contribution is 0.415. The van der Waals surface area contributed by atoms with Gasteiger partial charge in [0, 0.05) is 35.9 Å². The largest absolute Gasteiger partial charge is 0.497 e. The summed E-state index contributed by atoms with van der Waals surface area (Å²) < 4.78 is 12.9. The first-order chi connectivity index (χ1) is 12.7. The average molecular weight is 349 g/mol. The number of allylic oxidation sites excluding steroid dienone is 2. The Hall–Kier alpha value is -3.48. The third-order valence-electron chi connectivity index (χ3n) is 4.15. The third-order valence-corrected chi connectivity index (χ3v) is 4.15. The second kappa shape index (κ2) is 6.79. The molecule has 26 heavy (non-hydrogen) atoms. The summed E-state index contributed by atoms with van der Waals surface area (Å²) in [5.74, 6) is 1.45. The number of methoxy groups -OCH3 is 1. The summed E-state index contributed by atoms with van der Waals surface area (Å²) in [6, 6.07) is 8.14. The smallest absolute Gasteiger partial charge is 0.299 e. The number of rotatable bonds is 5. The maximum Gasteiger partial charge on any atom is 0.299 e. The van der Waals surface area contributed by atoms with E-state index in [9.17, 15) is 0 Å². The minimum Gasteiger partial charge on any atom is -0.497 e. The fourth-order valence-corrected chi connectivity index (χ4v) is 2.68. The molecule has 0 amide bonds. The molecule has 3 aromatic rings. The summed E-state index contributed by atoms with van der Waals surface area (Å²) in [5.41, 5.74) is 2.88. The number of nitrogens with zero attached hydrogens (tertiary/aromatic N) is 3. The molecule has 1 unspecified atom stereocenters. The van der Waals surface area contributed by atoms with E-state index >= 15 is 0 Å². The highest BCUT2D eigenvalue weighted by Crippen LogP contribution is 2.27. The number of aromatic nitrogens is 3. The highest BCUT2D eigenvalue weighted by Gasteiger charge is 2.14. The Kier molecular flexibility index (Phi) is 4.18. The SMILES string of the molecule is COc1ccc(C)c(Nc2ncc(C3=CNC(n4cccn4)C=C3)o2)c1. The Morgan fingerprint density at radius 1 is 1.35 bits per heavy atom. The van der Waals surface area contributed by atoms with Crippen LogP contribution in [0.25, 0.3) is 5.57 Å². The van der Waals surface area contributed by atoms with Crippen molar-refractivity contribution in [1.82, 2.24) is 20.1 Å². The van der Waals surface area contributed by atoms with Crippen LogP contribution in [0.15, 0.2) is 65.6 Å². The Morgan fingerprint density at radius 2 is 2.27 bits per heavy atom. The summed E-state index contributed by atoms with van der Waals surface area (Å²) in [4.78, 5) is 4.31. The fourth-order valence-electron chi connectivity index (χ4n) is 2.68. The van der Waals surface area contributed by atoms with Crippen LogP contribution in [-0.4, -0.2) is 21.9 Å². The van der Waals surface area contributed by atoms with Gasteiger partial charge in [-0.2, -0.15) is 5.10 Å². The van der Waals surface area contributed by atoms with E-state index in [0.29, 0.717) is 11.8 Å². The van der Waals surface area contributed by atoms with Crippen LogP contribution in [0.2, 0.25) is 0 Å². The molecule has 0 aliphatic carbocycles. The van der Waals surface area contributed by atoms with Crippen LogP contribution in [0.5, 0.6) is 5.75 Å². The van der Waals surface area contributed by atoms with E-state index in [1.807, 2.05) is 60.4 Å². The maximum absolute atomic E-state index is 5.84. The van der Waals surface area contributed by atoms with Crippen LogP contribution < -0.4 is 15.4 Å². The number of hydrogen-bond donors (Lipinski definition) is 2. The fraction of sp³-hybridized carbons (Fsp3) is 0.158. The molecule has 1 aliphatic rings. The van der Waals surface area contributed by atoms with Crippen LogP contribution in [0.4, 0.5) is 11.7 Å². The second-order valence-corrected chi connectivity index (χ2v) is 5.89. The molecular formula is C19H19N5O2. The van der Waals surface area contributed by atoms with Gasteiger partial charge in [0.1, 0.15) is 11.9 Å². The summed E-state index contributed by atoms with van der Waals surface area (Å²) in [5, 5.41) is 10.7. The number of oxazole rings is 1. The van der Waals surface area contributed by atoms with Gasteiger partial charge >= 0.3 is 0 Å². The summed E-state index contributed by atoms with van der Waals surface area (Å²) in [6.45, 7) is 2.01. The van der Waals surface area contributed by atoms with Crippen molar-refractivity contribution in [2.45, 2.75) is 13.1 Å². The van der Waals surface area contributed by atoms with Gasteiger partial charge in [-0.1, -0.05) is 6.07 Å². The van der Waals surface area contributed by atoms with Gasteiger partial charge in [0.15, 0.2) is 5.76 Å². The number of ether oxygens (including phenoxy) is 1. The van der Waals surface area contributed by atoms with Gasteiger partial charge in [0.25, 0.3) is 6.01 Å². The number of anilines is 2. The minimum absolute atomic E-state index is 0.00583. The lowest BCUT2D eigenvalue weighted by Gasteiger charge is -2.18.